The summed E-state index contributed by atoms with van der Waals surface area (Å²) in [5.41, 5.74) is 12.0. The van der Waals surface area contributed by atoms with E-state index in [2.05, 4.69) is 88.2 Å². The molecule has 0 spiro atoms. The molecule has 1 aliphatic heterocycles. The molecular formula is C44H40IrN4O-2. The molecule has 3 aromatic carbocycles. The van der Waals surface area contributed by atoms with Crippen molar-refractivity contribution in [3.8, 4) is 22.6 Å². The zero-order valence-corrected chi connectivity index (χ0v) is 31.0. The van der Waals surface area contributed by atoms with E-state index in [-0.39, 0.29) is 20.1 Å². The van der Waals surface area contributed by atoms with Crippen LogP contribution in [0.2, 0.25) is 0 Å². The van der Waals surface area contributed by atoms with Gasteiger partial charge in [-0.25, -0.2) is 4.98 Å². The Bertz CT molecular complexity index is 2340. The zero-order chi connectivity index (χ0) is 32.9. The summed E-state index contributed by atoms with van der Waals surface area (Å²) >= 11 is 0. The maximum atomic E-state index is 6.10. The van der Waals surface area contributed by atoms with Crippen LogP contribution in [0.3, 0.4) is 0 Å². The molecule has 4 aromatic heterocycles. The first-order valence-corrected chi connectivity index (χ1v) is 18.0. The first-order valence-electron chi connectivity index (χ1n) is 18.0. The van der Waals surface area contributed by atoms with Crippen LogP contribution >= 0.6 is 0 Å². The third-order valence-electron chi connectivity index (χ3n) is 10.9. The molecule has 0 bridgehead atoms. The summed E-state index contributed by atoms with van der Waals surface area (Å²) in [6.07, 6.45) is 17.1. The maximum Gasteiger partial charge on any atom is 0.216 e. The molecule has 0 N–H and O–H groups in total. The van der Waals surface area contributed by atoms with Gasteiger partial charge in [-0.15, -0.1) is 54.1 Å². The van der Waals surface area contributed by atoms with Crippen LogP contribution in [0.15, 0.2) is 89.5 Å². The summed E-state index contributed by atoms with van der Waals surface area (Å²) in [5, 5.41) is 2.12. The van der Waals surface area contributed by atoms with Crippen molar-refractivity contribution in [1.29, 1.82) is 0 Å². The predicted octanol–water partition coefficient (Wildman–Crippen LogP) is 11.6. The van der Waals surface area contributed by atoms with Gasteiger partial charge in [0.15, 0.2) is 0 Å². The van der Waals surface area contributed by atoms with E-state index in [1.54, 1.807) is 0 Å². The van der Waals surface area contributed by atoms with E-state index in [1.165, 1.54) is 73.6 Å². The van der Waals surface area contributed by atoms with Crippen LogP contribution in [0, 0.1) is 19.1 Å². The van der Waals surface area contributed by atoms with Crippen LogP contribution in [0.5, 0.6) is 0 Å². The van der Waals surface area contributed by atoms with E-state index in [9.17, 15) is 0 Å². The Kier molecular flexibility index (Phi) is 9.01. The normalized spacial score (nSPS) is 17.4. The fourth-order valence-corrected chi connectivity index (χ4v) is 8.36. The molecule has 253 valence electrons. The molecule has 50 heavy (non-hydrogen) atoms. The fraction of sp³-hybridized carbons (Fsp3) is 0.295. The Morgan fingerprint density at radius 1 is 0.800 bits per heavy atom. The average molecular weight is 833 g/mol. The van der Waals surface area contributed by atoms with Gasteiger partial charge >= 0.3 is 0 Å². The third-order valence-corrected chi connectivity index (χ3v) is 10.9. The van der Waals surface area contributed by atoms with Crippen molar-refractivity contribution < 1.29 is 24.5 Å². The topological polar surface area (TPSA) is 56.7 Å². The van der Waals surface area contributed by atoms with Gasteiger partial charge in [0.2, 0.25) is 5.71 Å². The van der Waals surface area contributed by atoms with Gasteiger partial charge < -0.3 is 14.0 Å². The van der Waals surface area contributed by atoms with Crippen LogP contribution in [0.25, 0.3) is 61.8 Å². The second-order valence-corrected chi connectivity index (χ2v) is 14.1. The number of nitrogens with zero attached hydrogens (tertiary/aromatic N) is 4. The van der Waals surface area contributed by atoms with Crippen molar-refractivity contribution in [1.82, 2.24) is 19.5 Å². The van der Waals surface area contributed by atoms with Gasteiger partial charge in [0, 0.05) is 43.4 Å². The van der Waals surface area contributed by atoms with Gasteiger partial charge in [0.25, 0.3) is 0 Å². The SMILES string of the molecule is CC1C=Cc2cc(C3CCCC3)cc3nc(-c4[c-]cccc4)n1c23.Cc1ccc2c(n1)oc1c(-c3cc(C4CCCC4)ccn3)[c-]ccc12.[Ir]. The van der Waals surface area contributed by atoms with Crippen LogP contribution in [-0.2, 0) is 20.1 Å². The Hall–Kier alpha value is -4.38. The van der Waals surface area contributed by atoms with Gasteiger partial charge in [-0.3, -0.25) is 4.98 Å². The molecule has 3 aliphatic rings. The van der Waals surface area contributed by atoms with E-state index < -0.39 is 0 Å². The van der Waals surface area contributed by atoms with Gasteiger partial charge in [-0.2, -0.15) is 0 Å². The first-order chi connectivity index (χ1) is 24.1. The maximum absolute atomic E-state index is 6.10. The number of rotatable bonds is 4. The summed E-state index contributed by atoms with van der Waals surface area (Å²) in [5.74, 6) is 2.42. The fourth-order valence-electron chi connectivity index (χ4n) is 8.36. The van der Waals surface area contributed by atoms with Crippen molar-refractivity contribution in [2.75, 3.05) is 0 Å². The summed E-state index contributed by atoms with van der Waals surface area (Å²) < 4.78 is 8.47. The smallest absolute Gasteiger partial charge is 0.216 e. The van der Waals surface area contributed by atoms with Gasteiger partial charge in [-0.05, 0) is 98.5 Å². The molecule has 5 heterocycles. The molecule has 7 aromatic rings. The molecule has 2 fully saturated rings. The largest absolute Gasteiger partial charge is 0.486 e. The van der Waals surface area contributed by atoms with Gasteiger partial charge in [0.05, 0.1) is 22.4 Å². The minimum Gasteiger partial charge on any atom is -0.486 e. The number of aromatic nitrogens is 4. The Labute approximate surface area is 307 Å². The number of furan rings is 1. The van der Waals surface area contributed by atoms with Crippen LogP contribution in [-0.4, -0.2) is 19.5 Å². The second kappa shape index (κ2) is 13.7. The summed E-state index contributed by atoms with van der Waals surface area (Å²) in [7, 11) is 0. The second-order valence-electron chi connectivity index (χ2n) is 14.1. The molecule has 1 unspecified atom stereocenters. The molecule has 0 amide bonds. The molecule has 6 heteroatoms. The summed E-state index contributed by atoms with van der Waals surface area (Å²) in [6, 6.07) is 32.4. The van der Waals surface area contributed by atoms with E-state index in [0.29, 0.717) is 17.7 Å². The third kappa shape index (κ3) is 5.93. The molecule has 5 nitrogen and oxygen atoms in total. The number of aryl methyl sites for hydroxylation is 1. The minimum atomic E-state index is 0. The zero-order valence-electron chi connectivity index (χ0n) is 28.6. The Balaban J connectivity index is 0.000000142. The number of benzene rings is 3. The van der Waals surface area contributed by atoms with Crippen LogP contribution in [0.4, 0.5) is 0 Å². The molecule has 0 saturated heterocycles. The number of allylic oxidation sites excluding steroid dienone is 1. The van der Waals surface area contributed by atoms with Crippen LogP contribution in [0.1, 0.15) is 98.6 Å². The van der Waals surface area contributed by atoms with Gasteiger partial charge in [-0.1, -0.05) is 60.4 Å². The predicted molar refractivity (Wildman–Crippen MR) is 198 cm³/mol. The number of fused-ring (bicyclic) bond motifs is 3. The molecular weight excluding hydrogens is 793 g/mol. The first kappa shape index (κ1) is 32.8. The van der Waals surface area contributed by atoms with Crippen LogP contribution < -0.4 is 0 Å². The van der Waals surface area contributed by atoms with E-state index in [0.717, 1.165) is 56.1 Å². The van der Waals surface area contributed by atoms with Crippen molar-refractivity contribution in [2.24, 2.45) is 0 Å². The van der Waals surface area contributed by atoms with E-state index >= 15 is 0 Å². The Morgan fingerprint density at radius 2 is 1.60 bits per heavy atom. The molecule has 10 rings (SSSR count). The summed E-state index contributed by atoms with van der Waals surface area (Å²) in [6.45, 7) is 4.21. The van der Waals surface area contributed by atoms with Crippen molar-refractivity contribution in [2.45, 2.75) is 83.1 Å². The minimum absolute atomic E-state index is 0. The molecule has 1 atom stereocenters. The summed E-state index contributed by atoms with van der Waals surface area (Å²) in [4.78, 5) is 14.2. The quantitative estimate of drug-likeness (QED) is 0.166. The van der Waals surface area contributed by atoms with Crippen molar-refractivity contribution >= 4 is 39.2 Å². The standard InChI is InChI=1S/C22H19N2O.C22H21N2.Ir/c1-14-9-10-18-17-7-4-8-19(21(17)25-22(18)24-14)20-13-16(11-12-23-20)15-5-2-3-6-15;1-15-11-12-18-13-19(16-7-5-6-8-16)14-20-21(18)24(15)22(23-20)17-9-3-2-4-10-17;/h4,7,9-13,15H,2-3,5-6H2,1H3;2-4,9,11-16H,5-8H2,1H3;/q2*-1;. The monoisotopic (exact) mass is 833 g/mol. The van der Waals surface area contributed by atoms with Crippen molar-refractivity contribution in [3.05, 3.63) is 120 Å². The van der Waals surface area contributed by atoms with E-state index in [1.807, 2.05) is 43.5 Å². The molecule has 2 aliphatic carbocycles. The Morgan fingerprint density at radius 3 is 2.38 bits per heavy atom. The number of hydrogen-bond donors (Lipinski definition) is 0. The molecule has 1 radical (unpaired) electrons. The van der Waals surface area contributed by atoms with Gasteiger partial charge in [0.1, 0.15) is 0 Å². The average Bonchev–Trinajstić information content (AvgIpc) is 3.97. The number of pyridine rings is 2. The van der Waals surface area contributed by atoms with Crippen molar-refractivity contribution in [3.63, 3.8) is 0 Å². The number of hydrogen-bond acceptors (Lipinski definition) is 4. The number of imidazole rings is 1. The van der Waals surface area contributed by atoms with E-state index in [4.69, 9.17) is 9.40 Å². The molecule has 2 saturated carbocycles.